The molecule has 12 heavy (non-hydrogen) atoms. The smallest absolute Gasteiger partial charge is 0.0650 e. The monoisotopic (exact) mass is 170 g/mol. The summed E-state index contributed by atoms with van der Waals surface area (Å²) in [4.78, 5) is 0. The average Bonchev–Trinajstić information content (AvgIpc) is 2.05. The van der Waals surface area contributed by atoms with Gasteiger partial charge in [0.05, 0.1) is 5.60 Å². The molecule has 72 valence electrons. The van der Waals surface area contributed by atoms with Crippen molar-refractivity contribution in [2.24, 2.45) is 5.92 Å². The van der Waals surface area contributed by atoms with Gasteiger partial charge in [-0.1, -0.05) is 39.5 Å². The van der Waals surface area contributed by atoms with Gasteiger partial charge in [-0.3, -0.25) is 0 Å². The van der Waals surface area contributed by atoms with Gasteiger partial charge in [0.15, 0.2) is 0 Å². The normalized spacial score (nSPS) is 25.2. The summed E-state index contributed by atoms with van der Waals surface area (Å²) in [5.74, 6) is 0.688. The molecule has 0 bridgehead atoms. The van der Waals surface area contributed by atoms with Crippen LogP contribution >= 0.6 is 0 Å². The van der Waals surface area contributed by atoms with Crippen LogP contribution in [0, 0.1) is 5.92 Å². The summed E-state index contributed by atoms with van der Waals surface area (Å²) in [7, 11) is 0. The van der Waals surface area contributed by atoms with Crippen LogP contribution in [-0.2, 0) is 0 Å². The molecule has 0 heterocycles. The lowest BCUT2D eigenvalue weighted by molar-refractivity contribution is -0.0160. The summed E-state index contributed by atoms with van der Waals surface area (Å²) in [5.41, 5.74) is -0.298. The summed E-state index contributed by atoms with van der Waals surface area (Å²) in [6, 6.07) is 0. The Labute approximate surface area is 76.2 Å². The van der Waals surface area contributed by atoms with Crippen molar-refractivity contribution < 1.29 is 5.11 Å². The summed E-state index contributed by atoms with van der Waals surface area (Å²) in [5, 5.41) is 10.2. The van der Waals surface area contributed by atoms with E-state index in [-0.39, 0.29) is 5.60 Å². The van der Waals surface area contributed by atoms with Crippen molar-refractivity contribution in [1.29, 1.82) is 0 Å². The second-order valence-electron chi connectivity index (χ2n) is 4.50. The highest BCUT2D eigenvalue weighted by molar-refractivity contribution is 4.83. The summed E-state index contributed by atoms with van der Waals surface area (Å²) in [6.07, 6.45) is 8.07. The first kappa shape index (κ1) is 10.0. The maximum Gasteiger partial charge on any atom is 0.0650 e. The lowest BCUT2D eigenvalue weighted by Crippen LogP contribution is -2.33. The lowest BCUT2D eigenvalue weighted by Gasteiger charge is -2.34. The molecule has 0 saturated heterocycles. The van der Waals surface area contributed by atoms with Crippen molar-refractivity contribution in [3.63, 3.8) is 0 Å². The molecule has 1 aliphatic carbocycles. The average molecular weight is 170 g/mol. The van der Waals surface area contributed by atoms with Crippen molar-refractivity contribution in [2.75, 3.05) is 0 Å². The predicted octanol–water partition coefficient (Wildman–Crippen LogP) is 3.12. The standard InChI is InChI=1S/C11H22O/c1-3-10(2)9-11(12)7-5-4-6-8-11/h10,12H,3-9H2,1-2H3. The van der Waals surface area contributed by atoms with Crippen LogP contribution in [0.15, 0.2) is 0 Å². The number of aliphatic hydroxyl groups is 1. The van der Waals surface area contributed by atoms with Crippen molar-refractivity contribution in [2.45, 2.75) is 64.4 Å². The van der Waals surface area contributed by atoms with Crippen molar-refractivity contribution >= 4 is 0 Å². The van der Waals surface area contributed by atoms with Crippen LogP contribution < -0.4 is 0 Å². The van der Waals surface area contributed by atoms with Crippen molar-refractivity contribution in [1.82, 2.24) is 0 Å². The molecule has 1 N–H and O–H groups in total. The maximum atomic E-state index is 10.2. The van der Waals surface area contributed by atoms with Gasteiger partial charge in [0.1, 0.15) is 0 Å². The molecule has 1 atom stereocenters. The van der Waals surface area contributed by atoms with Gasteiger partial charge >= 0.3 is 0 Å². The van der Waals surface area contributed by atoms with Crippen LogP contribution in [-0.4, -0.2) is 10.7 Å². The molecule has 0 aromatic rings. The fourth-order valence-electron chi connectivity index (χ4n) is 2.21. The fraction of sp³-hybridized carbons (Fsp3) is 1.00. The molecule has 1 fully saturated rings. The molecule has 1 aliphatic rings. The van der Waals surface area contributed by atoms with Crippen molar-refractivity contribution in [3.05, 3.63) is 0 Å². The molecule has 0 aromatic heterocycles. The zero-order valence-corrected chi connectivity index (χ0v) is 8.47. The number of hydrogen-bond donors (Lipinski definition) is 1. The molecule has 1 heteroatoms. The fourth-order valence-corrected chi connectivity index (χ4v) is 2.21. The molecule has 0 aliphatic heterocycles. The highest BCUT2D eigenvalue weighted by Gasteiger charge is 2.29. The van der Waals surface area contributed by atoms with E-state index < -0.39 is 0 Å². The van der Waals surface area contributed by atoms with E-state index in [1.54, 1.807) is 0 Å². The SMILES string of the molecule is CCC(C)CC1(O)CCCCC1. The quantitative estimate of drug-likeness (QED) is 0.690. The van der Waals surface area contributed by atoms with Crippen LogP contribution in [0.3, 0.4) is 0 Å². The Morgan fingerprint density at radius 2 is 1.83 bits per heavy atom. The summed E-state index contributed by atoms with van der Waals surface area (Å²) in [6.45, 7) is 4.45. The van der Waals surface area contributed by atoms with Crippen LogP contribution in [0.1, 0.15) is 58.8 Å². The number of hydrogen-bond acceptors (Lipinski definition) is 1. The predicted molar refractivity (Wildman–Crippen MR) is 52.1 cm³/mol. The second kappa shape index (κ2) is 4.27. The van der Waals surface area contributed by atoms with E-state index in [0.717, 1.165) is 19.3 Å². The Hall–Kier alpha value is -0.0400. The third-order valence-electron chi connectivity index (χ3n) is 3.21. The highest BCUT2D eigenvalue weighted by atomic mass is 16.3. The molecular formula is C11H22O. The van der Waals surface area contributed by atoms with Crippen LogP contribution in [0.4, 0.5) is 0 Å². The minimum Gasteiger partial charge on any atom is -0.390 e. The Bertz CT molecular complexity index is 125. The van der Waals surface area contributed by atoms with Gasteiger partial charge in [-0.15, -0.1) is 0 Å². The first-order chi connectivity index (χ1) is 5.66. The molecule has 0 aromatic carbocycles. The van der Waals surface area contributed by atoms with E-state index in [0.29, 0.717) is 5.92 Å². The third kappa shape index (κ3) is 2.78. The molecule has 1 saturated carbocycles. The van der Waals surface area contributed by atoms with Crippen LogP contribution in [0.5, 0.6) is 0 Å². The minimum atomic E-state index is -0.298. The first-order valence-corrected chi connectivity index (χ1v) is 5.39. The van der Waals surface area contributed by atoms with E-state index in [1.165, 1.54) is 25.7 Å². The Morgan fingerprint density at radius 3 is 2.33 bits per heavy atom. The third-order valence-corrected chi connectivity index (χ3v) is 3.21. The molecule has 1 unspecified atom stereocenters. The molecular weight excluding hydrogens is 148 g/mol. The maximum absolute atomic E-state index is 10.2. The molecule has 0 amide bonds. The van der Waals surface area contributed by atoms with E-state index in [9.17, 15) is 5.11 Å². The van der Waals surface area contributed by atoms with E-state index in [1.807, 2.05) is 0 Å². The molecule has 1 nitrogen and oxygen atoms in total. The summed E-state index contributed by atoms with van der Waals surface area (Å²) >= 11 is 0. The highest BCUT2D eigenvalue weighted by Crippen LogP contribution is 2.33. The molecule has 0 radical (unpaired) electrons. The second-order valence-corrected chi connectivity index (χ2v) is 4.50. The largest absolute Gasteiger partial charge is 0.390 e. The topological polar surface area (TPSA) is 20.2 Å². The zero-order valence-electron chi connectivity index (χ0n) is 8.47. The van der Waals surface area contributed by atoms with Gasteiger partial charge < -0.3 is 5.11 Å². The van der Waals surface area contributed by atoms with E-state index in [2.05, 4.69) is 13.8 Å². The van der Waals surface area contributed by atoms with Crippen LogP contribution in [0.2, 0.25) is 0 Å². The van der Waals surface area contributed by atoms with Gasteiger partial charge in [0, 0.05) is 0 Å². The zero-order chi connectivity index (χ0) is 9.03. The summed E-state index contributed by atoms with van der Waals surface area (Å²) < 4.78 is 0. The first-order valence-electron chi connectivity index (χ1n) is 5.39. The minimum absolute atomic E-state index is 0.298. The van der Waals surface area contributed by atoms with Crippen LogP contribution in [0.25, 0.3) is 0 Å². The Kier molecular flexibility index (Phi) is 3.57. The number of rotatable bonds is 3. The van der Waals surface area contributed by atoms with Gasteiger partial charge in [-0.2, -0.15) is 0 Å². The Balaban J connectivity index is 2.35. The van der Waals surface area contributed by atoms with Gasteiger partial charge in [-0.05, 0) is 25.2 Å². The van der Waals surface area contributed by atoms with E-state index in [4.69, 9.17) is 0 Å². The van der Waals surface area contributed by atoms with Gasteiger partial charge in [0.25, 0.3) is 0 Å². The lowest BCUT2D eigenvalue weighted by atomic mass is 9.78. The molecule has 0 spiro atoms. The van der Waals surface area contributed by atoms with E-state index >= 15 is 0 Å². The van der Waals surface area contributed by atoms with Crippen molar-refractivity contribution in [3.8, 4) is 0 Å². The van der Waals surface area contributed by atoms with Gasteiger partial charge in [-0.25, -0.2) is 0 Å². The molecule has 1 rings (SSSR count). The van der Waals surface area contributed by atoms with Gasteiger partial charge in [0.2, 0.25) is 0 Å². The Morgan fingerprint density at radius 1 is 1.25 bits per heavy atom.